The van der Waals surface area contributed by atoms with Crippen molar-refractivity contribution >= 4 is 11.9 Å². The Kier molecular flexibility index (Phi) is 5.41. The largest absolute Gasteiger partial charge is 0.480 e. The number of carbonyl (C=O) groups is 2. The van der Waals surface area contributed by atoms with Gasteiger partial charge in [0.05, 0.1) is 0 Å². The summed E-state index contributed by atoms with van der Waals surface area (Å²) in [4.78, 5) is 24.2. The van der Waals surface area contributed by atoms with E-state index in [2.05, 4.69) is 17.1 Å². The average Bonchev–Trinajstić information content (AvgIpc) is 2.42. The van der Waals surface area contributed by atoms with Crippen molar-refractivity contribution in [2.75, 3.05) is 13.1 Å². The summed E-state index contributed by atoms with van der Waals surface area (Å²) in [5.41, 5.74) is 0. The van der Waals surface area contributed by atoms with E-state index >= 15 is 0 Å². The van der Waals surface area contributed by atoms with E-state index in [-0.39, 0.29) is 5.91 Å². The summed E-state index contributed by atoms with van der Waals surface area (Å²) in [7, 11) is 0. The Hall–Kier alpha value is -1.10. The van der Waals surface area contributed by atoms with Gasteiger partial charge in [0.2, 0.25) is 5.91 Å². The second-order valence-corrected chi connectivity index (χ2v) is 4.78. The molecule has 5 heteroatoms. The average molecular weight is 242 g/mol. The monoisotopic (exact) mass is 242 g/mol. The van der Waals surface area contributed by atoms with Crippen LogP contribution in [-0.2, 0) is 9.59 Å². The molecule has 1 aliphatic rings. The Morgan fingerprint density at radius 2 is 2.12 bits per heavy atom. The smallest absolute Gasteiger partial charge is 0.327 e. The van der Waals surface area contributed by atoms with Crippen molar-refractivity contribution in [3.05, 3.63) is 0 Å². The predicted octanol–water partition coefficient (Wildman–Crippen LogP) is 0.840. The molecule has 98 valence electrons. The SMILES string of the molecule is CC(=O)NC(CN1CCCCCC1C)C(=O)O. The van der Waals surface area contributed by atoms with E-state index in [0.29, 0.717) is 12.6 Å². The molecule has 2 atom stereocenters. The highest BCUT2D eigenvalue weighted by Gasteiger charge is 2.25. The van der Waals surface area contributed by atoms with Crippen LogP contribution >= 0.6 is 0 Å². The first-order chi connectivity index (χ1) is 8.00. The van der Waals surface area contributed by atoms with Gasteiger partial charge in [0, 0.05) is 19.5 Å². The minimum atomic E-state index is -0.961. The van der Waals surface area contributed by atoms with Crippen LogP contribution in [0.25, 0.3) is 0 Å². The zero-order valence-corrected chi connectivity index (χ0v) is 10.6. The van der Waals surface area contributed by atoms with E-state index < -0.39 is 12.0 Å². The van der Waals surface area contributed by atoms with E-state index in [1.54, 1.807) is 0 Å². The third-order valence-electron chi connectivity index (χ3n) is 3.28. The lowest BCUT2D eigenvalue weighted by Crippen LogP contribution is -2.49. The second kappa shape index (κ2) is 6.59. The fourth-order valence-corrected chi connectivity index (χ4v) is 2.27. The number of hydrogen-bond acceptors (Lipinski definition) is 3. The molecule has 0 radical (unpaired) electrons. The maximum atomic E-state index is 11.1. The van der Waals surface area contributed by atoms with Crippen LogP contribution in [0.4, 0.5) is 0 Å². The molecule has 2 N–H and O–H groups in total. The van der Waals surface area contributed by atoms with Crippen molar-refractivity contribution < 1.29 is 14.7 Å². The highest BCUT2D eigenvalue weighted by molar-refractivity contribution is 5.82. The molecule has 0 saturated carbocycles. The Morgan fingerprint density at radius 3 is 2.71 bits per heavy atom. The van der Waals surface area contributed by atoms with Gasteiger partial charge in [-0.25, -0.2) is 4.79 Å². The van der Waals surface area contributed by atoms with E-state index in [0.717, 1.165) is 19.4 Å². The van der Waals surface area contributed by atoms with Crippen LogP contribution in [0.5, 0.6) is 0 Å². The van der Waals surface area contributed by atoms with Gasteiger partial charge < -0.3 is 10.4 Å². The highest BCUT2D eigenvalue weighted by Crippen LogP contribution is 2.16. The van der Waals surface area contributed by atoms with Crippen molar-refractivity contribution in [1.82, 2.24) is 10.2 Å². The summed E-state index contributed by atoms with van der Waals surface area (Å²) in [5, 5.41) is 11.6. The minimum Gasteiger partial charge on any atom is -0.480 e. The van der Waals surface area contributed by atoms with Gasteiger partial charge in [-0.05, 0) is 26.3 Å². The molecule has 1 rings (SSSR count). The predicted molar refractivity (Wildman–Crippen MR) is 64.7 cm³/mol. The molecule has 1 fully saturated rings. The number of rotatable bonds is 4. The summed E-state index contributed by atoms with van der Waals surface area (Å²) < 4.78 is 0. The van der Waals surface area contributed by atoms with Gasteiger partial charge in [0.25, 0.3) is 0 Å². The molecule has 0 aromatic rings. The summed E-state index contributed by atoms with van der Waals surface area (Å²) in [5.74, 6) is -1.25. The lowest BCUT2D eigenvalue weighted by molar-refractivity contribution is -0.142. The molecule has 1 aliphatic heterocycles. The van der Waals surface area contributed by atoms with Gasteiger partial charge in [-0.3, -0.25) is 9.69 Å². The van der Waals surface area contributed by atoms with Crippen LogP contribution in [0.15, 0.2) is 0 Å². The molecule has 5 nitrogen and oxygen atoms in total. The first-order valence-electron chi connectivity index (χ1n) is 6.24. The number of amides is 1. The van der Waals surface area contributed by atoms with E-state index in [9.17, 15) is 9.59 Å². The maximum Gasteiger partial charge on any atom is 0.327 e. The van der Waals surface area contributed by atoms with Crippen molar-refractivity contribution in [3.8, 4) is 0 Å². The lowest BCUT2D eigenvalue weighted by Gasteiger charge is -2.29. The molecule has 0 bridgehead atoms. The van der Waals surface area contributed by atoms with Gasteiger partial charge in [-0.15, -0.1) is 0 Å². The molecule has 0 aromatic heterocycles. The van der Waals surface area contributed by atoms with Crippen molar-refractivity contribution in [1.29, 1.82) is 0 Å². The van der Waals surface area contributed by atoms with Gasteiger partial charge in [-0.2, -0.15) is 0 Å². The van der Waals surface area contributed by atoms with Gasteiger partial charge >= 0.3 is 5.97 Å². The number of likely N-dealkylation sites (tertiary alicyclic amines) is 1. The number of carboxylic acids is 1. The molecule has 1 heterocycles. The van der Waals surface area contributed by atoms with Gasteiger partial charge in [0.15, 0.2) is 0 Å². The van der Waals surface area contributed by atoms with Crippen LogP contribution in [0.2, 0.25) is 0 Å². The molecule has 1 saturated heterocycles. The van der Waals surface area contributed by atoms with E-state index in [4.69, 9.17) is 5.11 Å². The molecule has 17 heavy (non-hydrogen) atoms. The Labute approximate surface area is 102 Å². The number of carboxylic acid groups (broad SMARTS) is 1. The number of carbonyl (C=O) groups excluding carboxylic acids is 1. The topological polar surface area (TPSA) is 69.6 Å². The van der Waals surface area contributed by atoms with E-state index in [1.807, 2.05) is 0 Å². The van der Waals surface area contributed by atoms with Gasteiger partial charge in [-0.1, -0.05) is 12.8 Å². The quantitative estimate of drug-likeness (QED) is 0.766. The number of nitrogens with one attached hydrogen (secondary N) is 1. The molecular weight excluding hydrogens is 220 g/mol. The number of hydrogen-bond donors (Lipinski definition) is 2. The zero-order chi connectivity index (χ0) is 12.8. The minimum absolute atomic E-state index is 0.292. The number of aliphatic carboxylic acids is 1. The molecule has 0 aromatic carbocycles. The standard InChI is InChI=1S/C12H22N2O3/c1-9-6-4-3-5-7-14(9)8-11(12(16)17)13-10(2)15/h9,11H,3-8H2,1-2H3,(H,13,15)(H,16,17). The Morgan fingerprint density at radius 1 is 1.41 bits per heavy atom. The molecule has 2 unspecified atom stereocenters. The van der Waals surface area contributed by atoms with Crippen molar-refractivity contribution in [3.63, 3.8) is 0 Å². The zero-order valence-electron chi connectivity index (χ0n) is 10.6. The molecule has 0 aliphatic carbocycles. The normalized spacial score (nSPS) is 23.8. The summed E-state index contributed by atoms with van der Waals surface area (Å²) in [6, 6.07) is -0.402. The number of nitrogens with zero attached hydrogens (tertiary/aromatic N) is 1. The second-order valence-electron chi connectivity index (χ2n) is 4.78. The fraction of sp³-hybridized carbons (Fsp3) is 0.833. The van der Waals surface area contributed by atoms with Crippen LogP contribution in [0.3, 0.4) is 0 Å². The third-order valence-corrected chi connectivity index (χ3v) is 3.28. The van der Waals surface area contributed by atoms with Crippen molar-refractivity contribution in [2.24, 2.45) is 0 Å². The lowest BCUT2D eigenvalue weighted by atomic mass is 10.1. The summed E-state index contributed by atoms with van der Waals surface area (Å²) in [6.45, 7) is 4.79. The van der Waals surface area contributed by atoms with Gasteiger partial charge in [0.1, 0.15) is 6.04 Å². The fourth-order valence-electron chi connectivity index (χ4n) is 2.27. The molecular formula is C12H22N2O3. The summed E-state index contributed by atoms with van der Waals surface area (Å²) >= 11 is 0. The Balaban J connectivity index is 2.57. The Bertz CT molecular complexity index is 281. The third kappa shape index (κ3) is 4.73. The first kappa shape index (κ1) is 14.0. The summed E-state index contributed by atoms with van der Waals surface area (Å²) in [6.07, 6.45) is 4.62. The first-order valence-corrected chi connectivity index (χ1v) is 6.24. The highest BCUT2D eigenvalue weighted by atomic mass is 16.4. The molecule has 1 amide bonds. The maximum absolute atomic E-state index is 11.1. The van der Waals surface area contributed by atoms with Crippen molar-refractivity contribution in [2.45, 2.75) is 51.6 Å². The van der Waals surface area contributed by atoms with Crippen LogP contribution in [0.1, 0.15) is 39.5 Å². The van der Waals surface area contributed by atoms with Crippen LogP contribution < -0.4 is 5.32 Å². The van der Waals surface area contributed by atoms with Crippen LogP contribution in [0, 0.1) is 0 Å². The van der Waals surface area contributed by atoms with Crippen LogP contribution in [-0.4, -0.2) is 47.1 Å². The molecule has 0 spiro atoms. The van der Waals surface area contributed by atoms with E-state index in [1.165, 1.54) is 19.8 Å².